The Balaban J connectivity index is 2.17. The number of ether oxygens (including phenoxy) is 3. The van der Waals surface area contributed by atoms with Gasteiger partial charge in [-0.25, -0.2) is 4.79 Å². The molecule has 0 radical (unpaired) electrons. The summed E-state index contributed by atoms with van der Waals surface area (Å²) in [5.74, 6) is -0.275. The largest absolute Gasteiger partial charge is 0.460 e. The number of hydrogen-bond acceptors (Lipinski definition) is 4. The minimum Gasteiger partial charge on any atom is -0.460 e. The van der Waals surface area contributed by atoms with Crippen molar-refractivity contribution >= 4 is 16.2 Å². The molecule has 17 heavy (non-hydrogen) atoms. The van der Waals surface area contributed by atoms with Crippen molar-refractivity contribution in [2.24, 2.45) is 0 Å². The van der Waals surface area contributed by atoms with Crippen molar-refractivity contribution in [3.63, 3.8) is 0 Å². The third kappa shape index (κ3) is 5.02. The molecule has 5 heteroatoms. The molecule has 4 nitrogen and oxygen atoms in total. The van der Waals surface area contributed by atoms with E-state index in [0.717, 1.165) is 36.1 Å². The van der Waals surface area contributed by atoms with Gasteiger partial charge < -0.3 is 14.2 Å². The summed E-state index contributed by atoms with van der Waals surface area (Å²) in [5.41, 5.74) is 0.264. The Kier molecular flexibility index (Phi) is 5.88. The Hall–Kier alpha value is -0.653. The minimum absolute atomic E-state index is 0.275. The normalized spacial score (nSPS) is 25.9. The highest BCUT2D eigenvalue weighted by molar-refractivity contribution is 6.13. The second-order valence-electron chi connectivity index (χ2n) is 4.40. The molecule has 0 aromatic carbocycles. The fourth-order valence-corrected chi connectivity index (χ4v) is 2.41. The third-order valence-electron chi connectivity index (χ3n) is 2.91. The fourth-order valence-electron chi connectivity index (χ4n) is 1.65. The standard InChI is InChI=1S/C12H22O4Si/c1-3-10(2)11(13)14-8-9-16-12(17)6-4-5-7-15-12/h3H,4-9H2,1-2,17H3. The summed E-state index contributed by atoms with van der Waals surface area (Å²) in [7, 11) is 0.844. The highest BCUT2D eigenvalue weighted by Gasteiger charge is 2.27. The van der Waals surface area contributed by atoms with Gasteiger partial charge in [0.25, 0.3) is 0 Å². The van der Waals surface area contributed by atoms with Gasteiger partial charge in [-0.2, -0.15) is 0 Å². The molecule has 1 heterocycles. The predicted molar refractivity (Wildman–Crippen MR) is 68.8 cm³/mol. The van der Waals surface area contributed by atoms with Gasteiger partial charge in [-0.15, -0.1) is 0 Å². The molecular weight excluding hydrogens is 236 g/mol. The van der Waals surface area contributed by atoms with Crippen LogP contribution >= 0.6 is 0 Å². The van der Waals surface area contributed by atoms with Crippen molar-refractivity contribution in [3.05, 3.63) is 11.6 Å². The number of carbonyl (C=O) groups excluding carboxylic acids is 1. The molecular formula is C12H22O4Si. The van der Waals surface area contributed by atoms with Crippen LogP contribution in [0.4, 0.5) is 0 Å². The highest BCUT2D eigenvalue weighted by Crippen LogP contribution is 2.22. The summed E-state index contributed by atoms with van der Waals surface area (Å²) in [6, 6.07) is 0. The van der Waals surface area contributed by atoms with Crippen LogP contribution in [0.5, 0.6) is 0 Å². The number of esters is 1. The highest BCUT2D eigenvalue weighted by atomic mass is 28.1. The van der Waals surface area contributed by atoms with Gasteiger partial charge in [0.1, 0.15) is 12.0 Å². The zero-order valence-electron chi connectivity index (χ0n) is 11.0. The molecule has 1 aliphatic heterocycles. The number of allylic oxidation sites excluding steroid dienone is 1. The first-order chi connectivity index (χ1) is 8.07. The van der Waals surface area contributed by atoms with Crippen molar-refractivity contribution in [1.82, 2.24) is 0 Å². The lowest BCUT2D eigenvalue weighted by Gasteiger charge is -2.33. The van der Waals surface area contributed by atoms with Crippen molar-refractivity contribution < 1.29 is 19.0 Å². The first kappa shape index (κ1) is 14.4. The van der Waals surface area contributed by atoms with Gasteiger partial charge in [-0.3, -0.25) is 0 Å². The van der Waals surface area contributed by atoms with Crippen LogP contribution in [0.3, 0.4) is 0 Å². The van der Waals surface area contributed by atoms with Crippen molar-refractivity contribution in [1.29, 1.82) is 0 Å². The topological polar surface area (TPSA) is 44.8 Å². The molecule has 0 bridgehead atoms. The molecule has 0 aliphatic carbocycles. The summed E-state index contributed by atoms with van der Waals surface area (Å²) in [6.45, 7) is 5.03. The second kappa shape index (κ2) is 6.93. The maximum atomic E-state index is 11.3. The Labute approximate surface area is 106 Å². The molecule has 1 saturated heterocycles. The first-order valence-corrected chi connectivity index (χ1v) is 7.15. The first-order valence-electron chi connectivity index (χ1n) is 6.15. The molecule has 0 saturated carbocycles. The molecule has 1 atom stereocenters. The van der Waals surface area contributed by atoms with Gasteiger partial charge >= 0.3 is 5.97 Å². The lowest BCUT2D eigenvalue weighted by Crippen LogP contribution is -2.40. The van der Waals surface area contributed by atoms with Gasteiger partial charge in [0.05, 0.1) is 16.8 Å². The van der Waals surface area contributed by atoms with Crippen LogP contribution in [0, 0.1) is 0 Å². The van der Waals surface area contributed by atoms with Crippen LogP contribution in [0.2, 0.25) is 0 Å². The van der Waals surface area contributed by atoms with Crippen LogP contribution in [-0.4, -0.2) is 41.4 Å². The molecule has 0 aromatic heterocycles. The van der Waals surface area contributed by atoms with E-state index >= 15 is 0 Å². The lowest BCUT2D eigenvalue weighted by atomic mass is 10.2. The molecule has 0 spiro atoms. The van der Waals surface area contributed by atoms with Crippen LogP contribution in [-0.2, 0) is 19.0 Å². The summed E-state index contributed by atoms with van der Waals surface area (Å²) in [5, 5.41) is 0. The van der Waals surface area contributed by atoms with E-state index < -0.39 is 0 Å². The number of hydrogen-bond donors (Lipinski definition) is 0. The molecule has 1 unspecified atom stereocenters. The van der Waals surface area contributed by atoms with Crippen LogP contribution in [0.15, 0.2) is 11.6 Å². The van der Waals surface area contributed by atoms with E-state index in [1.165, 1.54) is 0 Å². The van der Waals surface area contributed by atoms with Crippen molar-refractivity contribution in [3.8, 4) is 0 Å². The quantitative estimate of drug-likeness (QED) is 0.316. The zero-order chi connectivity index (χ0) is 12.7. The minimum atomic E-state index is -0.361. The summed E-state index contributed by atoms with van der Waals surface area (Å²) in [6.07, 6.45) is 4.96. The Morgan fingerprint density at radius 3 is 2.82 bits per heavy atom. The van der Waals surface area contributed by atoms with E-state index in [2.05, 4.69) is 0 Å². The van der Waals surface area contributed by atoms with Gasteiger partial charge in [0.2, 0.25) is 0 Å². The maximum Gasteiger partial charge on any atom is 0.333 e. The van der Waals surface area contributed by atoms with Crippen molar-refractivity contribution in [2.75, 3.05) is 19.8 Å². The van der Waals surface area contributed by atoms with E-state index in [9.17, 15) is 4.79 Å². The van der Waals surface area contributed by atoms with Gasteiger partial charge in [-0.1, -0.05) is 6.08 Å². The fraction of sp³-hybridized carbons (Fsp3) is 0.750. The number of rotatable bonds is 5. The third-order valence-corrected chi connectivity index (χ3v) is 3.99. The average molecular weight is 258 g/mol. The molecule has 0 N–H and O–H groups in total. The summed E-state index contributed by atoms with van der Waals surface area (Å²) in [4.78, 5) is 11.3. The Bertz CT molecular complexity index is 282. The SMILES string of the molecule is CC=C(C)C(=O)OCCOC1([SiH3])CCCCO1. The Morgan fingerprint density at radius 1 is 1.47 bits per heavy atom. The number of carbonyl (C=O) groups is 1. The average Bonchev–Trinajstić information content (AvgIpc) is 2.34. The Morgan fingerprint density at radius 2 is 2.24 bits per heavy atom. The molecule has 1 aliphatic rings. The maximum absolute atomic E-state index is 11.3. The monoisotopic (exact) mass is 258 g/mol. The molecule has 1 fully saturated rings. The molecule has 0 amide bonds. The van der Waals surface area contributed by atoms with Crippen LogP contribution in [0.1, 0.15) is 33.1 Å². The smallest absolute Gasteiger partial charge is 0.333 e. The van der Waals surface area contributed by atoms with Gasteiger partial charge in [0, 0.05) is 12.2 Å². The predicted octanol–water partition coefficient (Wildman–Crippen LogP) is 0.732. The van der Waals surface area contributed by atoms with E-state index in [4.69, 9.17) is 14.2 Å². The second-order valence-corrected chi connectivity index (χ2v) is 5.92. The van der Waals surface area contributed by atoms with Gasteiger partial charge in [0.15, 0.2) is 0 Å². The molecule has 1 rings (SSSR count). The van der Waals surface area contributed by atoms with Crippen LogP contribution in [0.25, 0.3) is 0 Å². The summed E-state index contributed by atoms with van der Waals surface area (Å²) >= 11 is 0. The van der Waals surface area contributed by atoms with Gasteiger partial charge in [-0.05, 0) is 33.1 Å². The van der Waals surface area contributed by atoms with E-state index in [1.54, 1.807) is 13.0 Å². The lowest BCUT2D eigenvalue weighted by molar-refractivity contribution is -0.203. The van der Waals surface area contributed by atoms with Crippen molar-refractivity contribution in [2.45, 2.75) is 38.5 Å². The van der Waals surface area contributed by atoms with E-state index in [1.807, 2.05) is 6.92 Å². The molecule has 98 valence electrons. The van der Waals surface area contributed by atoms with E-state index in [-0.39, 0.29) is 18.0 Å². The molecule has 0 aromatic rings. The van der Waals surface area contributed by atoms with E-state index in [0.29, 0.717) is 12.2 Å². The van der Waals surface area contributed by atoms with Crippen LogP contribution < -0.4 is 0 Å². The summed E-state index contributed by atoms with van der Waals surface area (Å²) < 4.78 is 16.4. The zero-order valence-corrected chi connectivity index (χ0v) is 13.0.